The largest absolute Gasteiger partial charge is 0.573 e. The third kappa shape index (κ3) is 4.38. The molecule has 0 heterocycles. The number of carbonyl (C=O) groups excluding carboxylic acids is 1. The molecule has 1 aromatic rings. The number of methoxy groups -OCH3 is 1. The fourth-order valence-electron chi connectivity index (χ4n) is 1.43. The average Bonchev–Trinajstić information content (AvgIpc) is 2.26. The van der Waals surface area contributed by atoms with Gasteiger partial charge in [0.15, 0.2) is 0 Å². The maximum Gasteiger partial charge on any atom is 0.573 e. The molecular weight excluding hydrogens is 275 g/mol. The number of ether oxygens (including phenoxy) is 2. The minimum absolute atomic E-state index is 0.274. The summed E-state index contributed by atoms with van der Waals surface area (Å²) in [5.41, 5.74) is -1.24. The predicted octanol–water partition coefficient (Wildman–Crippen LogP) is 3.24. The van der Waals surface area contributed by atoms with Crippen LogP contribution in [0.3, 0.4) is 0 Å². The monoisotopic (exact) mass is 284 g/mol. The average molecular weight is 284 g/mol. The summed E-state index contributed by atoms with van der Waals surface area (Å²) in [6, 6.07) is 2.96. The van der Waals surface area contributed by atoms with Crippen LogP contribution >= 0.6 is 0 Å². The second-order valence-electron chi connectivity index (χ2n) is 3.43. The second-order valence-corrected chi connectivity index (χ2v) is 3.43. The Labute approximate surface area is 104 Å². The molecule has 0 N–H and O–H groups in total. The first-order valence-electron chi connectivity index (χ1n) is 4.97. The Morgan fingerprint density at radius 3 is 2.42 bits per heavy atom. The van der Waals surface area contributed by atoms with Crippen LogP contribution in [0.15, 0.2) is 18.2 Å². The zero-order chi connectivity index (χ0) is 14.6. The highest BCUT2D eigenvalue weighted by Gasteiger charge is 2.34. The summed E-state index contributed by atoms with van der Waals surface area (Å²) in [4.78, 5) is 11.0. The molecule has 0 aliphatic carbocycles. The highest BCUT2D eigenvalue weighted by molar-refractivity contribution is 5.73. The zero-order valence-electron chi connectivity index (χ0n) is 9.63. The number of benzene rings is 1. The first kappa shape index (κ1) is 15.2. The summed E-state index contributed by atoms with van der Waals surface area (Å²) >= 11 is 0. The van der Waals surface area contributed by atoms with Crippen molar-refractivity contribution in [2.75, 3.05) is 7.11 Å². The molecular formula is C11H9F5O3. The summed E-state index contributed by atoms with van der Waals surface area (Å²) < 4.78 is 69.7. The zero-order valence-corrected chi connectivity index (χ0v) is 9.63. The minimum Gasteiger partial charge on any atom is -0.469 e. The van der Waals surface area contributed by atoms with Crippen LogP contribution in [0.25, 0.3) is 0 Å². The minimum atomic E-state index is -5.09. The van der Waals surface area contributed by atoms with Gasteiger partial charge in [-0.25, -0.2) is 8.78 Å². The van der Waals surface area contributed by atoms with Crippen molar-refractivity contribution in [3.63, 3.8) is 0 Å². The van der Waals surface area contributed by atoms with E-state index in [4.69, 9.17) is 0 Å². The smallest absolute Gasteiger partial charge is 0.469 e. The van der Waals surface area contributed by atoms with Crippen molar-refractivity contribution in [2.45, 2.75) is 19.2 Å². The van der Waals surface area contributed by atoms with Gasteiger partial charge >= 0.3 is 12.3 Å². The molecule has 1 aromatic carbocycles. The van der Waals surface area contributed by atoms with Gasteiger partial charge in [0.25, 0.3) is 6.43 Å². The highest BCUT2D eigenvalue weighted by atomic mass is 19.4. The molecule has 0 unspecified atom stereocenters. The third-order valence-corrected chi connectivity index (χ3v) is 2.16. The molecule has 0 aliphatic rings. The van der Waals surface area contributed by atoms with Gasteiger partial charge in [-0.1, -0.05) is 12.1 Å². The van der Waals surface area contributed by atoms with Crippen molar-refractivity contribution < 1.29 is 36.2 Å². The van der Waals surface area contributed by atoms with E-state index in [0.717, 1.165) is 25.3 Å². The lowest BCUT2D eigenvalue weighted by molar-refractivity contribution is -0.275. The Morgan fingerprint density at radius 1 is 1.32 bits per heavy atom. The quantitative estimate of drug-likeness (QED) is 0.629. The van der Waals surface area contributed by atoms with Crippen LogP contribution < -0.4 is 4.74 Å². The van der Waals surface area contributed by atoms with Crippen LogP contribution in [0, 0.1) is 0 Å². The molecule has 0 aliphatic heterocycles. The number of carbonyl (C=O) groups is 1. The van der Waals surface area contributed by atoms with E-state index in [2.05, 4.69) is 9.47 Å². The fraction of sp³-hybridized carbons (Fsp3) is 0.364. The van der Waals surface area contributed by atoms with Gasteiger partial charge in [-0.3, -0.25) is 4.79 Å². The summed E-state index contributed by atoms with van der Waals surface area (Å²) in [6.45, 7) is 0. The van der Waals surface area contributed by atoms with Crippen LogP contribution in [0.1, 0.15) is 17.6 Å². The van der Waals surface area contributed by atoms with E-state index in [0.29, 0.717) is 0 Å². The van der Waals surface area contributed by atoms with Gasteiger partial charge in [0.1, 0.15) is 5.75 Å². The van der Waals surface area contributed by atoms with Crippen LogP contribution in [-0.2, 0) is 16.0 Å². The van der Waals surface area contributed by atoms with E-state index < -0.39 is 36.5 Å². The molecule has 0 bridgehead atoms. The third-order valence-electron chi connectivity index (χ3n) is 2.16. The predicted molar refractivity (Wildman–Crippen MR) is 53.8 cm³/mol. The normalized spacial score (nSPS) is 11.5. The van der Waals surface area contributed by atoms with Gasteiger partial charge in [0.05, 0.1) is 19.1 Å². The Bertz CT molecular complexity index is 456. The molecule has 0 saturated carbocycles. The topological polar surface area (TPSA) is 35.5 Å². The Morgan fingerprint density at radius 2 is 1.95 bits per heavy atom. The SMILES string of the molecule is COC(=O)Cc1cccc(OC(F)(F)F)c1C(F)F. The summed E-state index contributed by atoms with van der Waals surface area (Å²) in [6.07, 6.45) is -8.86. The molecule has 19 heavy (non-hydrogen) atoms. The van der Waals surface area contributed by atoms with Crippen molar-refractivity contribution in [2.24, 2.45) is 0 Å². The summed E-state index contributed by atoms with van der Waals surface area (Å²) in [5, 5.41) is 0. The lowest BCUT2D eigenvalue weighted by atomic mass is 10.0. The van der Waals surface area contributed by atoms with Crippen molar-refractivity contribution in [3.8, 4) is 5.75 Å². The molecule has 0 saturated heterocycles. The first-order valence-corrected chi connectivity index (χ1v) is 4.97. The van der Waals surface area contributed by atoms with Crippen LogP contribution in [0.2, 0.25) is 0 Å². The first-order chi connectivity index (χ1) is 8.74. The van der Waals surface area contributed by atoms with Crippen LogP contribution in [-0.4, -0.2) is 19.4 Å². The van der Waals surface area contributed by atoms with Crippen molar-refractivity contribution in [1.82, 2.24) is 0 Å². The van der Waals surface area contributed by atoms with Gasteiger partial charge < -0.3 is 9.47 Å². The molecule has 0 spiro atoms. The fourth-order valence-corrected chi connectivity index (χ4v) is 1.43. The lowest BCUT2D eigenvalue weighted by Gasteiger charge is -2.15. The molecule has 0 aromatic heterocycles. The van der Waals surface area contributed by atoms with Crippen LogP contribution in [0.4, 0.5) is 22.0 Å². The van der Waals surface area contributed by atoms with Crippen molar-refractivity contribution in [1.29, 1.82) is 0 Å². The maximum absolute atomic E-state index is 12.8. The number of hydrogen-bond acceptors (Lipinski definition) is 3. The van der Waals surface area contributed by atoms with E-state index in [1.807, 2.05) is 0 Å². The van der Waals surface area contributed by atoms with Crippen LogP contribution in [0.5, 0.6) is 5.75 Å². The number of esters is 1. The van der Waals surface area contributed by atoms with E-state index in [1.165, 1.54) is 0 Å². The molecule has 8 heteroatoms. The number of rotatable bonds is 4. The van der Waals surface area contributed by atoms with E-state index in [1.54, 1.807) is 0 Å². The van der Waals surface area contributed by atoms with E-state index >= 15 is 0 Å². The lowest BCUT2D eigenvalue weighted by Crippen LogP contribution is -2.19. The Balaban J connectivity index is 3.18. The second kappa shape index (κ2) is 5.85. The Kier molecular flexibility index (Phi) is 4.68. The van der Waals surface area contributed by atoms with Gasteiger partial charge in [-0.15, -0.1) is 13.2 Å². The molecule has 0 fully saturated rings. The Hall–Kier alpha value is -1.86. The highest BCUT2D eigenvalue weighted by Crippen LogP contribution is 2.35. The molecule has 1 rings (SSSR count). The standard InChI is InChI=1S/C11H9F5O3/c1-18-8(17)5-6-3-2-4-7(9(6)10(12)13)19-11(14,15)16/h2-4,10H,5H2,1H3. The molecule has 0 amide bonds. The molecule has 106 valence electrons. The van der Waals surface area contributed by atoms with E-state index in [9.17, 15) is 26.7 Å². The molecule has 0 atom stereocenters. The number of hydrogen-bond donors (Lipinski definition) is 0. The maximum atomic E-state index is 12.8. The van der Waals surface area contributed by atoms with E-state index in [-0.39, 0.29) is 5.56 Å². The van der Waals surface area contributed by atoms with Gasteiger partial charge in [-0.2, -0.15) is 0 Å². The molecule has 0 radical (unpaired) electrons. The van der Waals surface area contributed by atoms with Gasteiger partial charge in [-0.05, 0) is 11.6 Å². The van der Waals surface area contributed by atoms with Crippen molar-refractivity contribution >= 4 is 5.97 Å². The van der Waals surface area contributed by atoms with Gasteiger partial charge in [0.2, 0.25) is 0 Å². The summed E-state index contributed by atoms with van der Waals surface area (Å²) in [5.74, 6) is -1.87. The molecule has 3 nitrogen and oxygen atoms in total. The van der Waals surface area contributed by atoms with Crippen molar-refractivity contribution in [3.05, 3.63) is 29.3 Å². The number of alkyl halides is 5. The number of halogens is 5. The summed E-state index contributed by atoms with van der Waals surface area (Å²) in [7, 11) is 1.04. The van der Waals surface area contributed by atoms with Gasteiger partial charge in [0, 0.05) is 0 Å².